The van der Waals surface area contributed by atoms with Gasteiger partial charge in [0.2, 0.25) is 0 Å². The fourth-order valence-corrected chi connectivity index (χ4v) is 5.03. The van der Waals surface area contributed by atoms with E-state index < -0.39 is 0 Å². The van der Waals surface area contributed by atoms with E-state index in [2.05, 4.69) is 35.2 Å². The zero-order valence-corrected chi connectivity index (χ0v) is 13.0. The molecule has 0 radical (unpaired) electrons. The number of likely N-dealkylation sites (tertiary alicyclic amines) is 1. The highest BCUT2D eigenvalue weighted by molar-refractivity contribution is 5.25. The number of nitrogens with zero attached hydrogens (tertiary/aromatic N) is 1. The molecular weight excluding hydrogens is 258 g/mol. The molecule has 1 aliphatic carbocycles. The third-order valence-electron chi connectivity index (χ3n) is 6.06. The Hall–Kier alpha value is -0.860. The van der Waals surface area contributed by atoms with Crippen LogP contribution < -0.4 is 0 Å². The second-order valence-electron chi connectivity index (χ2n) is 7.46. The second kappa shape index (κ2) is 5.73. The molecule has 1 aromatic carbocycles. The Balaban J connectivity index is 1.53. The molecule has 2 nitrogen and oxygen atoms in total. The molecule has 3 fully saturated rings. The smallest absolute Gasteiger partial charge is 0.0507 e. The molecule has 1 aromatic rings. The third-order valence-corrected chi connectivity index (χ3v) is 6.06. The number of benzene rings is 1. The predicted octanol–water partition coefficient (Wildman–Crippen LogP) is 3.68. The largest absolute Gasteiger partial charge is 0.381 e. The lowest BCUT2D eigenvalue weighted by Gasteiger charge is -2.30. The number of rotatable bonds is 3. The minimum absolute atomic E-state index is 0.570. The Kier molecular flexibility index (Phi) is 3.76. The molecule has 0 amide bonds. The third kappa shape index (κ3) is 2.64. The molecular formula is C19H27NO. The van der Waals surface area contributed by atoms with Crippen LogP contribution in [0.25, 0.3) is 0 Å². The van der Waals surface area contributed by atoms with Crippen LogP contribution >= 0.6 is 0 Å². The molecule has 0 unspecified atom stereocenters. The second-order valence-corrected chi connectivity index (χ2v) is 7.46. The molecule has 2 heterocycles. The van der Waals surface area contributed by atoms with Gasteiger partial charge in [-0.2, -0.15) is 0 Å². The first-order chi connectivity index (χ1) is 10.4. The van der Waals surface area contributed by atoms with E-state index in [1.165, 1.54) is 51.7 Å². The van der Waals surface area contributed by atoms with Gasteiger partial charge in [-0.05, 0) is 36.2 Å². The minimum atomic E-state index is 0.570. The lowest BCUT2D eigenvalue weighted by molar-refractivity contribution is 0.169. The molecule has 2 atom stereocenters. The van der Waals surface area contributed by atoms with Gasteiger partial charge in [0, 0.05) is 32.2 Å². The van der Waals surface area contributed by atoms with Gasteiger partial charge < -0.3 is 9.64 Å². The Morgan fingerprint density at radius 1 is 1.14 bits per heavy atom. The number of ether oxygens (including phenoxy) is 1. The van der Waals surface area contributed by atoms with Crippen LogP contribution in [0.1, 0.15) is 43.6 Å². The molecule has 114 valence electrons. The van der Waals surface area contributed by atoms with E-state index in [0.29, 0.717) is 5.41 Å². The van der Waals surface area contributed by atoms with Gasteiger partial charge in [-0.25, -0.2) is 0 Å². The Morgan fingerprint density at radius 2 is 1.95 bits per heavy atom. The summed E-state index contributed by atoms with van der Waals surface area (Å²) in [6.45, 7) is 5.81. The van der Waals surface area contributed by atoms with E-state index in [-0.39, 0.29) is 0 Å². The summed E-state index contributed by atoms with van der Waals surface area (Å²) in [5.41, 5.74) is 2.14. The molecule has 1 spiro atoms. The molecule has 0 bridgehead atoms. The van der Waals surface area contributed by atoms with E-state index in [9.17, 15) is 0 Å². The average molecular weight is 285 g/mol. The van der Waals surface area contributed by atoms with Crippen molar-refractivity contribution < 1.29 is 4.74 Å². The number of hydrogen-bond donors (Lipinski definition) is 0. The zero-order chi connectivity index (χ0) is 14.1. The predicted molar refractivity (Wildman–Crippen MR) is 85.5 cm³/mol. The molecule has 3 aliphatic rings. The maximum absolute atomic E-state index is 5.57. The van der Waals surface area contributed by atoms with Gasteiger partial charge in [0.05, 0.1) is 6.61 Å². The molecule has 21 heavy (non-hydrogen) atoms. The van der Waals surface area contributed by atoms with Crippen molar-refractivity contribution in [1.29, 1.82) is 0 Å². The molecule has 0 N–H and O–H groups in total. The van der Waals surface area contributed by atoms with E-state index in [0.717, 1.165) is 25.0 Å². The molecule has 2 saturated heterocycles. The number of hydrogen-bond acceptors (Lipinski definition) is 2. The summed E-state index contributed by atoms with van der Waals surface area (Å²) >= 11 is 0. The lowest BCUT2D eigenvalue weighted by Crippen LogP contribution is -2.30. The first kappa shape index (κ1) is 13.8. The highest BCUT2D eigenvalue weighted by Crippen LogP contribution is 2.53. The summed E-state index contributed by atoms with van der Waals surface area (Å²) in [6.07, 6.45) is 7.00. The van der Waals surface area contributed by atoms with E-state index in [1.54, 1.807) is 5.56 Å². The van der Waals surface area contributed by atoms with Crippen molar-refractivity contribution in [2.75, 3.05) is 32.8 Å². The maximum Gasteiger partial charge on any atom is 0.0507 e. The molecule has 2 heteroatoms. The van der Waals surface area contributed by atoms with Gasteiger partial charge in [0.1, 0.15) is 0 Å². The van der Waals surface area contributed by atoms with Crippen molar-refractivity contribution in [3.8, 4) is 0 Å². The van der Waals surface area contributed by atoms with Crippen molar-refractivity contribution in [3.63, 3.8) is 0 Å². The van der Waals surface area contributed by atoms with Crippen LogP contribution in [-0.4, -0.2) is 37.7 Å². The van der Waals surface area contributed by atoms with Crippen LogP contribution in [0.3, 0.4) is 0 Å². The molecule has 4 rings (SSSR count). The molecule has 2 aliphatic heterocycles. The monoisotopic (exact) mass is 285 g/mol. The van der Waals surface area contributed by atoms with Crippen LogP contribution in [0.5, 0.6) is 0 Å². The van der Waals surface area contributed by atoms with E-state index in [1.807, 2.05) is 0 Å². The zero-order valence-electron chi connectivity index (χ0n) is 13.0. The van der Waals surface area contributed by atoms with E-state index >= 15 is 0 Å². The SMILES string of the molecule is c1ccc([C@@H]2CN(C[C@@H]3CCOC3)CC23CCCC3)cc1. The summed E-state index contributed by atoms with van der Waals surface area (Å²) < 4.78 is 5.57. The summed E-state index contributed by atoms with van der Waals surface area (Å²) in [7, 11) is 0. The summed E-state index contributed by atoms with van der Waals surface area (Å²) in [4.78, 5) is 2.75. The first-order valence-electron chi connectivity index (χ1n) is 8.71. The Labute approximate surface area is 128 Å². The highest BCUT2D eigenvalue weighted by Gasteiger charge is 2.48. The summed E-state index contributed by atoms with van der Waals surface area (Å²) in [6, 6.07) is 11.3. The quantitative estimate of drug-likeness (QED) is 0.840. The van der Waals surface area contributed by atoms with Gasteiger partial charge in [-0.15, -0.1) is 0 Å². The molecule has 0 aromatic heterocycles. The Bertz CT molecular complexity index is 460. The van der Waals surface area contributed by atoms with E-state index in [4.69, 9.17) is 4.74 Å². The molecule has 1 saturated carbocycles. The van der Waals surface area contributed by atoms with Crippen molar-refractivity contribution >= 4 is 0 Å². The lowest BCUT2D eigenvalue weighted by atomic mass is 9.73. The van der Waals surface area contributed by atoms with Crippen LogP contribution in [0.4, 0.5) is 0 Å². The van der Waals surface area contributed by atoms with Gasteiger partial charge in [0.25, 0.3) is 0 Å². The van der Waals surface area contributed by atoms with Gasteiger partial charge in [-0.3, -0.25) is 0 Å². The van der Waals surface area contributed by atoms with Gasteiger partial charge >= 0.3 is 0 Å². The van der Waals surface area contributed by atoms with Crippen molar-refractivity contribution in [3.05, 3.63) is 35.9 Å². The van der Waals surface area contributed by atoms with Crippen LogP contribution in [0.15, 0.2) is 30.3 Å². The first-order valence-corrected chi connectivity index (χ1v) is 8.71. The van der Waals surface area contributed by atoms with Gasteiger partial charge in [0.15, 0.2) is 0 Å². The fourth-order valence-electron chi connectivity index (χ4n) is 5.03. The van der Waals surface area contributed by atoms with Gasteiger partial charge in [-0.1, -0.05) is 43.2 Å². The Morgan fingerprint density at radius 3 is 2.67 bits per heavy atom. The normalized spacial score (nSPS) is 32.2. The minimum Gasteiger partial charge on any atom is -0.381 e. The topological polar surface area (TPSA) is 12.5 Å². The van der Waals surface area contributed by atoms with Crippen LogP contribution in [-0.2, 0) is 4.74 Å². The maximum atomic E-state index is 5.57. The summed E-state index contributed by atoms with van der Waals surface area (Å²) in [5.74, 6) is 1.53. The fraction of sp³-hybridized carbons (Fsp3) is 0.684. The van der Waals surface area contributed by atoms with Crippen molar-refractivity contribution in [1.82, 2.24) is 4.90 Å². The summed E-state index contributed by atoms with van der Waals surface area (Å²) in [5, 5.41) is 0. The van der Waals surface area contributed by atoms with Crippen molar-refractivity contribution in [2.45, 2.75) is 38.0 Å². The van der Waals surface area contributed by atoms with Crippen molar-refractivity contribution in [2.24, 2.45) is 11.3 Å². The average Bonchev–Trinajstić information content (AvgIpc) is 3.24. The highest BCUT2D eigenvalue weighted by atomic mass is 16.5. The van der Waals surface area contributed by atoms with Crippen LogP contribution in [0, 0.1) is 11.3 Å². The van der Waals surface area contributed by atoms with Crippen LogP contribution in [0.2, 0.25) is 0 Å². The standard InChI is InChI=1S/C19H27NO/c1-2-6-17(7-3-1)18-13-20(12-16-8-11-21-14-16)15-19(18)9-4-5-10-19/h1-3,6-7,16,18H,4-5,8-15H2/t16-,18-/m0/s1.